The number of aliphatic carboxylic acids is 1. The Labute approximate surface area is 86.1 Å². The van der Waals surface area contributed by atoms with E-state index in [9.17, 15) is 4.79 Å². The van der Waals surface area contributed by atoms with Crippen molar-refractivity contribution in [3.8, 4) is 0 Å². The second kappa shape index (κ2) is 5.35. The van der Waals surface area contributed by atoms with Crippen LogP contribution in [0.5, 0.6) is 0 Å². The first-order valence-electron chi connectivity index (χ1n) is 5.59. The Hall–Kier alpha value is -0.570. The molecule has 1 aliphatic rings. The van der Waals surface area contributed by atoms with Crippen molar-refractivity contribution in [1.29, 1.82) is 0 Å². The van der Waals surface area contributed by atoms with Crippen LogP contribution < -0.4 is 0 Å². The van der Waals surface area contributed by atoms with Crippen LogP contribution in [-0.4, -0.2) is 34.6 Å². The van der Waals surface area contributed by atoms with Gasteiger partial charge in [-0.3, -0.25) is 9.69 Å². The Morgan fingerprint density at radius 3 is 2.79 bits per heavy atom. The summed E-state index contributed by atoms with van der Waals surface area (Å²) in [7, 11) is 0. The van der Waals surface area contributed by atoms with Gasteiger partial charge in [-0.1, -0.05) is 6.42 Å². The third-order valence-electron chi connectivity index (χ3n) is 3.03. The highest BCUT2D eigenvalue weighted by atomic mass is 16.4. The van der Waals surface area contributed by atoms with Crippen molar-refractivity contribution in [1.82, 2.24) is 4.90 Å². The highest BCUT2D eigenvalue weighted by molar-refractivity contribution is 5.66. The minimum Gasteiger partial charge on any atom is -0.481 e. The molecule has 0 bridgehead atoms. The highest BCUT2D eigenvalue weighted by Crippen LogP contribution is 2.22. The summed E-state index contributed by atoms with van der Waals surface area (Å²) in [5, 5.41) is 8.65. The molecular weight excluding hydrogens is 178 g/mol. The molecular formula is C11H21NO2. The molecule has 1 fully saturated rings. The lowest BCUT2D eigenvalue weighted by atomic mass is 9.96. The Bertz CT molecular complexity index is 192. The summed E-state index contributed by atoms with van der Waals surface area (Å²) >= 11 is 0. The van der Waals surface area contributed by atoms with E-state index in [0.717, 1.165) is 13.0 Å². The monoisotopic (exact) mass is 199 g/mol. The first-order chi connectivity index (χ1) is 6.61. The SMILES string of the molecule is CC(C)N1CCCCC1CCC(=O)O. The highest BCUT2D eigenvalue weighted by Gasteiger charge is 2.24. The van der Waals surface area contributed by atoms with E-state index in [1.165, 1.54) is 19.3 Å². The first-order valence-corrected chi connectivity index (χ1v) is 5.59. The molecule has 1 rings (SSSR count). The quantitative estimate of drug-likeness (QED) is 0.754. The minimum atomic E-state index is -0.667. The Kier molecular flexibility index (Phi) is 4.39. The van der Waals surface area contributed by atoms with Crippen molar-refractivity contribution in [2.75, 3.05) is 6.54 Å². The Morgan fingerprint density at radius 2 is 2.21 bits per heavy atom. The standard InChI is InChI=1S/C11H21NO2/c1-9(2)12-8-4-3-5-10(12)6-7-11(13)14/h9-10H,3-8H2,1-2H3,(H,13,14). The summed E-state index contributed by atoms with van der Waals surface area (Å²) in [6.45, 7) is 5.53. The second-order valence-corrected chi connectivity index (χ2v) is 4.41. The molecule has 14 heavy (non-hydrogen) atoms. The molecule has 1 N–H and O–H groups in total. The van der Waals surface area contributed by atoms with Gasteiger partial charge in [0.15, 0.2) is 0 Å². The van der Waals surface area contributed by atoms with Gasteiger partial charge in [-0.05, 0) is 39.7 Å². The average Bonchev–Trinajstić information content (AvgIpc) is 2.15. The zero-order valence-corrected chi connectivity index (χ0v) is 9.20. The summed E-state index contributed by atoms with van der Waals surface area (Å²) in [6.07, 6.45) is 4.82. The maximum Gasteiger partial charge on any atom is 0.303 e. The average molecular weight is 199 g/mol. The van der Waals surface area contributed by atoms with Crippen molar-refractivity contribution in [3.05, 3.63) is 0 Å². The van der Waals surface area contributed by atoms with Gasteiger partial charge in [0.2, 0.25) is 0 Å². The maximum atomic E-state index is 10.5. The number of nitrogens with zero attached hydrogens (tertiary/aromatic N) is 1. The van der Waals surface area contributed by atoms with Crippen LogP contribution in [0.4, 0.5) is 0 Å². The molecule has 0 radical (unpaired) electrons. The van der Waals surface area contributed by atoms with E-state index >= 15 is 0 Å². The maximum absolute atomic E-state index is 10.5. The van der Waals surface area contributed by atoms with E-state index in [4.69, 9.17) is 5.11 Å². The molecule has 0 aromatic rings. The second-order valence-electron chi connectivity index (χ2n) is 4.41. The molecule has 3 nitrogen and oxygen atoms in total. The number of likely N-dealkylation sites (tertiary alicyclic amines) is 1. The lowest BCUT2D eigenvalue weighted by molar-refractivity contribution is -0.137. The van der Waals surface area contributed by atoms with Crippen LogP contribution >= 0.6 is 0 Å². The van der Waals surface area contributed by atoms with Gasteiger partial charge in [-0.15, -0.1) is 0 Å². The molecule has 0 spiro atoms. The molecule has 1 atom stereocenters. The fraction of sp³-hybridized carbons (Fsp3) is 0.909. The van der Waals surface area contributed by atoms with Gasteiger partial charge >= 0.3 is 5.97 Å². The number of hydrogen-bond acceptors (Lipinski definition) is 2. The molecule has 0 aliphatic carbocycles. The number of carboxylic acids is 1. The van der Waals surface area contributed by atoms with Gasteiger partial charge in [0.25, 0.3) is 0 Å². The van der Waals surface area contributed by atoms with Gasteiger partial charge in [-0.2, -0.15) is 0 Å². The summed E-state index contributed by atoms with van der Waals surface area (Å²) in [5.41, 5.74) is 0. The summed E-state index contributed by atoms with van der Waals surface area (Å²) in [5.74, 6) is -0.667. The predicted molar refractivity (Wildman–Crippen MR) is 56.4 cm³/mol. The molecule has 1 saturated heterocycles. The zero-order chi connectivity index (χ0) is 10.6. The van der Waals surface area contributed by atoms with Gasteiger partial charge in [0.05, 0.1) is 0 Å². The fourth-order valence-electron chi connectivity index (χ4n) is 2.30. The number of piperidine rings is 1. The fourth-order valence-corrected chi connectivity index (χ4v) is 2.30. The minimum absolute atomic E-state index is 0.313. The summed E-state index contributed by atoms with van der Waals surface area (Å²) < 4.78 is 0. The molecule has 0 amide bonds. The van der Waals surface area contributed by atoms with Gasteiger partial charge < -0.3 is 5.11 Å². The van der Waals surface area contributed by atoms with Gasteiger partial charge in [0.1, 0.15) is 0 Å². The molecule has 1 aliphatic heterocycles. The van der Waals surface area contributed by atoms with Crippen molar-refractivity contribution in [2.24, 2.45) is 0 Å². The van der Waals surface area contributed by atoms with Crippen LogP contribution in [-0.2, 0) is 4.79 Å². The smallest absolute Gasteiger partial charge is 0.303 e. The third-order valence-corrected chi connectivity index (χ3v) is 3.03. The van der Waals surface area contributed by atoms with Crippen molar-refractivity contribution >= 4 is 5.97 Å². The number of rotatable bonds is 4. The Balaban J connectivity index is 2.41. The lowest BCUT2D eigenvalue weighted by Gasteiger charge is -2.38. The van der Waals surface area contributed by atoms with Crippen LogP contribution in [0.3, 0.4) is 0 Å². The third kappa shape index (κ3) is 3.29. The predicted octanol–water partition coefficient (Wildman–Crippen LogP) is 2.11. The molecule has 1 unspecified atom stereocenters. The van der Waals surface area contributed by atoms with Crippen LogP contribution in [0.2, 0.25) is 0 Å². The normalized spacial score (nSPS) is 24.1. The molecule has 3 heteroatoms. The number of carboxylic acid groups (broad SMARTS) is 1. The van der Waals surface area contributed by atoms with Gasteiger partial charge in [-0.25, -0.2) is 0 Å². The van der Waals surface area contributed by atoms with Crippen molar-refractivity contribution < 1.29 is 9.90 Å². The largest absolute Gasteiger partial charge is 0.481 e. The van der Waals surface area contributed by atoms with E-state index < -0.39 is 5.97 Å². The molecule has 82 valence electrons. The molecule has 0 aromatic heterocycles. The Morgan fingerprint density at radius 1 is 1.50 bits per heavy atom. The first kappa shape index (κ1) is 11.5. The van der Waals surface area contributed by atoms with Crippen LogP contribution in [0, 0.1) is 0 Å². The number of hydrogen-bond donors (Lipinski definition) is 1. The van der Waals surface area contributed by atoms with Crippen LogP contribution in [0.15, 0.2) is 0 Å². The van der Waals surface area contributed by atoms with Crippen LogP contribution in [0.1, 0.15) is 46.0 Å². The van der Waals surface area contributed by atoms with E-state index in [-0.39, 0.29) is 0 Å². The van der Waals surface area contributed by atoms with Crippen LogP contribution in [0.25, 0.3) is 0 Å². The van der Waals surface area contributed by atoms with E-state index in [1.807, 2.05) is 0 Å². The molecule has 1 heterocycles. The number of carbonyl (C=O) groups is 1. The lowest BCUT2D eigenvalue weighted by Crippen LogP contribution is -2.44. The van der Waals surface area contributed by atoms with E-state index in [2.05, 4.69) is 18.7 Å². The topological polar surface area (TPSA) is 40.5 Å². The molecule has 0 aromatic carbocycles. The van der Waals surface area contributed by atoms with E-state index in [1.54, 1.807) is 0 Å². The van der Waals surface area contributed by atoms with Gasteiger partial charge in [0, 0.05) is 18.5 Å². The summed E-state index contributed by atoms with van der Waals surface area (Å²) in [4.78, 5) is 13.0. The van der Waals surface area contributed by atoms with E-state index in [0.29, 0.717) is 18.5 Å². The zero-order valence-electron chi connectivity index (χ0n) is 9.20. The summed E-state index contributed by atoms with van der Waals surface area (Å²) in [6, 6.07) is 1.05. The van der Waals surface area contributed by atoms with Crippen molar-refractivity contribution in [3.63, 3.8) is 0 Å². The van der Waals surface area contributed by atoms with Crippen molar-refractivity contribution in [2.45, 2.75) is 58.0 Å². The molecule has 0 saturated carbocycles.